The van der Waals surface area contributed by atoms with E-state index in [0.717, 1.165) is 12.8 Å². The number of ketones is 1. The Kier molecular flexibility index (Phi) is 3.83. The van der Waals surface area contributed by atoms with Crippen molar-refractivity contribution in [1.29, 1.82) is 0 Å². The molecule has 0 spiro atoms. The zero-order valence-corrected chi connectivity index (χ0v) is 8.73. The molecule has 78 valence electrons. The van der Waals surface area contributed by atoms with Crippen LogP contribution < -0.4 is 5.73 Å². The van der Waals surface area contributed by atoms with E-state index >= 15 is 0 Å². The standard InChI is InChI=1S/C10H17N3O/c1-8(4-3-6-11)10(14)9-5-7-12-13(9)2/h5,7-8H,3-4,6,11H2,1-2H3. The van der Waals surface area contributed by atoms with E-state index in [0.29, 0.717) is 12.2 Å². The predicted molar refractivity (Wildman–Crippen MR) is 55.0 cm³/mol. The third kappa shape index (κ3) is 2.42. The van der Waals surface area contributed by atoms with Gasteiger partial charge in [0.15, 0.2) is 5.78 Å². The molecule has 1 unspecified atom stereocenters. The first kappa shape index (κ1) is 10.9. The van der Waals surface area contributed by atoms with Gasteiger partial charge in [-0.15, -0.1) is 0 Å². The van der Waals surface area contributed by atoms with E-state index in [1.165, 1.54) is 0 Å². The fraction of sp³-hybridized carbons (Fsp3) is 0.600. The second-order valence-corrected chi connectivity index (χ2v) is 3.54. The largest absolute Gasteiger partial charge is 0.330 e. The zero-order chi connectivity index (χ0) is 10.6. The summed E-state index contributed by atoms with van der Waals surface area (Å²) in [6.45, 7) is 2.58. The minimum atomic E-state index is 0.0361. The first-order valence-corrected chi connectivity index (χ1v) is 4.89. The van der Waals surface area contributed by atoms with E-state index in [9.17, 15) is 4.79 Å². The van der Waals surface area contributed by atoms with Crippen LogP contribution in [0.4, 0.5) is 0 Å². The molecule has 0 aliphatic rings. The van der Waals surface area contributed by atoms with Gasteiger partial charge in [0.2, 0.25) is 0 Å². The molecule has 2 N–H and O–H groups in total. The summed E-state index contributed by atoms with van der Waals surface area (Å²) in [6.07, 6.45) is 3.38. The molecule has 0 bridgehead atoms. The Balaban J connectivity index is 2.61. The smallest absolute Gasteiger partial charge is 0.183 e. The first-order valence-electron chi connectivity index (χ1n) is 4.89. The molecule has 14 heavy (non-hydrogen) atoms. The van der Waals surface area contributed by atoms with Crippen molar-refractivity contribution in [2.75, 3.05) is 6.54 Å². The van der Waals surface area contributed by atoms with E-state index in [1.54, 1.807) is 24.0 Å². The molecule has 1 rings (SSSR count). The maximum absolute atomic E-state index is 11.8. The monoisotopic (exact) mass is 195 g/mol. The highest BCUT2D eigenvalue weighted by atomic mass is 16.1. The van der Waals surface area contributed by atoms with Crippen molar-refractivity contribution < 1.29 is 4.79 Å². The number of rotatable bonds is 5. The number of carbonyl (C=O) groups is 1. The van der Waals surface area contributed by atoms with Crippen LogP contribution in [0, 0.1) is 5.92 Å². The predicted octanol–water partition coefficient (Wildman–Crippen LogP) is 0.978. The summed E-state index contributed by atoms with van der Waals surface area (Å²) in [7, 11) is 1.78. The minimum absolute atomic E-state index is 0.0361. The van der Waals surface area contributed by atoms with Crippen LogP contribution in [0.15, 0.2) is 12.3 Å². The lowest BCUT2D eigenvalue weighted by Gasteiger charge is -2.09. The van der Waals surface area contributed by atoms with E-state index in [2.05, 4.69) is 5.10 Å². The van der Waals surface area contributed by atoms with E-state index in [4.69, 9.17) is 5.73 Å². The molecule has 0 saturated heterocycles. The number of aryl methyl sites for hydroxylation is 1. The van der Waals surface area contributed by atoms with Gasteiger partial charge in [0.25, 0.3) is 0 Å². The van der Waals surface area contributed by atoms with Gasteiger partial charge in [-0.25, -0.2) is 0 Å². The summed E-state index contributed by atoms with van der Waals surface area (Å²) in [4.78, 5) is 11.8. The molecule has 0 aliphatic heterocycles. The Morgan fingerprint density at radius 2 is 2.43 bits per heavy atom. The topological polar surface area (TPSA) is 60.9 Å². The number of Topliss-reactive ketones (excluding diaryl/α,β-unsaturated/α-hetero) is 1. The van der Waals surface area contributed by atoms with Crippen molar-refractivity contribution in [1.82, 2.24) is 9.78 Å². The molecule has 1 aromatic rings. The number of aromatic nitrogens is 2. The Morgan fingerprint density at radius 3 is 2.93 bits per heavy atom. The number of nitrogens with two attached hydrogens (primary N) is 1. The van der Waals surface area contributed by atoms with E-state index < -0.39 is 0 Å². The highest BCUT2D eigenvalue weighted by molar-refractivity contribution is 5.95. The molecule has 0 saturated carbocycles. The molecule has 0 radical (unpaired) electrons. The van der Waals surface area contributed by atoms with Crippen LogP contribution in [0.25, 0.3) is 0 Å². The van der Waals surface area contributed by atoms with Crippen molar-refractivity contribution in [3.05, 3.63) is 18.0 Å². The first-order chi connectivity index (χ1) is 6.66. The fourth-order valence-electron chi connectivity index (χ4n) is 1.42. The van der Waals surface area contributed by atoms with Crippen LogP contribution >= 0.6 is 0 Å². The van der Waals surface area contributed by atoms with Gasteiger partial charge >= 0.3 is 0 Å². The molecule has 1 heterocycles. The number of nitrogens with zero attached hydrogens (tertiary/aromatic N) is 2. The maximum Gasteiger partial charge on any atom is 0.183 e. The SMILES string of the molecule is CC(CCCN)C(=O)c1ccnn1C. The van der Waals surface area contributed by atoms with Crippen molar-refractivity contribution in [3.63, 3.8) is 0 Å². The van der Waals surface area contributed by atoms with Gasteiger partial charge in [-0.05, 0) is 25.5 Å². The Bertz CT molecular complexity index is 306. The molecule has 4 heteroatoms. The van der Waals surface area contributed by atoms with E-state index in [1.807, 2.05) is 6.92 Å². The van der Waals surface area contributed by atoms with Gasteiger partial charge in [0, 0.05) is 19.2 Å². The second-order valence-electron chi connectivity index (χ2n) is 3.54. The molecule has 0 amide bonds. The zero-order valence-electron chi connectivity index (χ0n) is 8.73. The molecule has 0 aliphatic carbocycles. The van der Waals surface area contributed by atoms with Crippen LogP contribution in [0.3, 0.4) is 0 Å². The van der Waals surface area contributed by atoms with Crippen LogP contribution in [0.5, 0.6) is 0 Å². The highest BCUT2D eigenvalue weighted by Crippen LogP contribution is 2.12. The van der Waals surface area contributed by atoms with Crippen molar-refractivity contribution in [2.45, 2.75) is 19.8 Å². The van der Waals surface area contributed by atoms with Crippen LogP contribution in [0.1, 0.15) is 30.3 Å². The number of hydrogen-bond donors (Lipinski definition) is 1. The normalized spacial score (nSPS) is 12.8. The number of hydrogen-bond acceptors (Lipinski definition) is 3. The van der Waals surface area contributed by atoms with Gasteiger partial charge < -0.3 is 5.73 Å². The Morgan fingerprint density at radius 1 is 1.71 bits per heavy atom. The van der Waals surface area contributed by atoms with Crippen molar-refractivity contribution >= 4 is 5.78 Å². The molecule has 1 atom stereocenters. The molecule has 0 fully saturated rings. The van der Waals surface area contributed by atoms with Gasteiger partial charge in [-0.2, -0.15) is 5.10 Å². The van der Waals surface area contributed by atoms with E-state index in [-0.39, 0.29) is 11.7 Å². The third-order valence-corrected chi connectivity index (χ3v) is 2.36. The summed E-state index contributed by atoms with van der Waals surface area (Å²) < 4.78 is 1.61. The summed E-state index contributed by atoms with van der Waals surface area (Å²) in [5, 5.41) is 3.97. The highest BCUT2D eigenvalue weighted by Gasteiger charge is 2.17. The van der Waals surface area contributed by atoms with Crippen molar-refractivity contribution in [2.24, 2.45) is 18.7 Å². The molecule has 1 aromatic heterocycles. The van der Waals surface area contributed by atoms with Crippen LogP contribution in [0.2, 0.25) is 0 Å². The molecule has 0 aromatic carbocycles. The van der Waals surface area contributed by atoms with Crippen LogP contribution in [-0.2, 0) is 7.05 Å². The molecular formula is C10H17N3O. The van der Waals surface area contributed by atoms with Crippen LogP contribution in [-0.4, -0.2) is 22.1 Å². The maximum atomic E-state index is 11.8. The minimum Gasteiger partial charge on any atom is -0.330 e. The number of carbonyl (C=O) groups excluding carboxylic acids is 1. The lowest BCUT2D eigenvalue weighted by Crippen LogP contribution is -2.16. The summed E-state index contributed by atoms with van der Waals surface area (Å²) in [5.74, 6) is 0.187. The molecule has 4 nitrogen and oxygen atoms in total. The average molecular weight is 195 g/mol. The van der Waals surface area contributed by atoms with Gasteiger partial charge in [0.05, 0.1) is 0 Å². The van der Waals surface area contributed by atoms with Crippen molar-refractivity contribution in [3.8, 4) is 0 Å². The quantitative estimate of drug-likeness (QED) is 0.712. The van der Waals surface area contributed by atoms with Gasteiger partial charge in [-0.3, -0.25) is 9.48 Å². The Hall–Kier alpha value is -1.16. The third-order valence-electron chi connectivity index (χ3n) is 2.36. The average Bonchev–Trinajstić information content (AvgIpc) is 2.59. The fourth-order valence-corrected chi connectivity index (χ4v) is 1.42. The summed E-state index contributed by atoms with van der Waals surface area (Å²) in [6, 6.07) is 1.75. The lowest BCUT2D eigenvalue weighted by molar-refractivity contribution is 0.0913. The van der Waals surface area contributed by atoms with Gasteiger partial charge in [-0.1, -0.05) is 6.92 Å². The Labute approximate surface area is 84.1 Å². The second kappa shape index (κ2) is 4.91. The van der Waals surface area contributed by atoms with Gasteiger partial charge in [0.1, 0.15) is 5.69 Å². The lowest BCUT2D eigenvalue weighted by atomic mass is 9.98. The summed E-state index contributed by atoms with van der Waals surface area (Å²) in [5.41, 5.74) is 6.07. The molecular weight excluding hydrogens is 178 g/mol. The summed E-state index contributed by atoms with van der Waals surface area (Å²) >= 11 is 0.